The quantitative estimate of drug-likeness (QED) is 0.894. The molecule has 1 aliphatic rings. The Morgan fingerprint density at radius 1 is 1.48 bits per heavy atom. The van der Waals surface area contributed by atoms with E-state index >= 15 is 0 Å². The van der Waals surface area contributed by atoms with Crippen molar-refractivity contribution < 1.29 is 9.18 Å². The summed E-state index contributed by atoms with van der Waals surface area (Å²) in [6.45, 7) is 4.36. The number of carbonyl (C=O) groups is 1. The van der Waals surface area contributed by atoms with E-state index in [9.17, 15) is 9.18 Å². The van der Waals surface area contributed by atoms with Gasteiger partial charge in [-0.2, -0.15) is 0 Å². The highest BCUT2D eigenvalue weighted by molar-refractivity contribution is 7.19. The Morgan fingerprint density at radius 2 is 2.33 bits per heavy atom. The fraction of sp³-hybridized carbons (Fsp3) is 0.438. The molecule has 21 heavy (non-hydrogen) atoms. The number of thiophene rings is 1. The van der Waals surface area contributed by atoms with Crippen LogP contribution in [0.3, 0.4) is 0 Å². The molecule has 0 radical (unpaired) electrons. The number of fused-ring (bicyclic) bond motifs is 1. The first kappa shape index (κ1) is 14.3. The number of benzene rings is 1. The highest BCUT2D eigenvalue weighted by Gasteiger charge is 2.20. The summed E-state index contributed by atoms with van der Waals surface area (Å²) in [5.74, 6) is 0.356. The monoisotopic (exact) mass is 306 g/mol. The van der Waals surface area contributed by atoms with Gasteiger partial charge in [0.05, 0.1) is 6.54 Å². The minimum absolute atomic E-state index is 0.00480. The molecule has 1 atom stereocenters. The maximum Gasteiger partial charge on any atom is 0.317 e. The van der Waals surface area contributed by atoms with Crippen molar-refractivity contribution in [2.24, 2.45) is 5.92 Å². The summed E-state index contributed by atoms with van der Waals surface area (Å²) in [4.78, 5) is 15.1. The fourth-order valence-corrected chi connectivity index (χ4v) is 3.79. The lowest BCUT2D eigenvalue weighted by atomic mass is 10.0. The van der Waals surface area contributed by atoms with Gasteiger partial charge in [0.1, 0.15) is 5.82 Å². The van der Waals surface area contributed by atoms with Crippen LogP contribution in [0.1, 0.15) is 24.6 Å². The maximum atomic E-state index is 13.2. The van der Waals surface area contributed by atoms with E-state index in [0.717, 1.165) is 34.5 Å². The van der Waals surface area contributed by atoms with Crippen molar-refractivity contribution in [3.05, 3.63) is 35.0 Å². The van der Waals surface area contributed by atoms with Crippen molar-refractivity contribution in [3.63, 3.8) is 0 Å². The number of carbonyl (C=O) groups excluding carboxylic acids is 1. The molecular formula is C16H19FN2OS. The highest BCUT2D eigenvalue weighted by Crippen LogP contribution is 2.26. The third-order valence-electron chi connectivity index (χ3n) is 3.89. The van der Waals surface area contributed by atoms with Gasteiger partial charge in [-0.05, 0) is 48.4 Å². The molecular weight excluding hydrogens is 287 g/mol. The van der Waals surface area contributed by atoms with Gasteiger partial charge >= 0.3 is 6.03 Å². The van der Waals surface area contributed by atoms with Gasteiger partial charge in [0.2, 0.25) is 0 Å². The number of nitrogens with zero attached hydrogens (tertiary/aromatic N) is 1. The first-order chi connectivity index (χ1) is 10.1. The predicted octanol–water partition coefficient (Wildman–Crippen LogP) is 3.98. The van der Waals surface area contributed by atoms with Gasteiger partial charge in [-0.3, -0.25) is 0 Å². The number of rotatable bonds is 2. The number of likely N-dealkylation sites (tertiary alicyclic amines) is 1. The largest absolute Gasteiger partial charge is 0.333 e. The summed E-state index contributed by atoms with van der Waals surface area (Å²) >= 11 is 1.60. The molecule has 5 heteroatoms. The van der Waals surface area contributed by atoms with Gasteiger partial charge in [0, 0.05) is 22.7 Å². The minimum atomic E-state index is -0.224. The maximum absolute atomic E-state index is 13.2. The number of halogens is 1. The third kappa shape index (κ3) is 3.35. The molecule has 0 bridgehead atoms. The Hall–Kier alpha value is -1.62. The van der Waals surface area contributed by atoms with E-state index in [-0.39, 0.29) is 11.8 Å². The highest BCUT2D eigenvalue weighted by atomic mass is 32.1. The van der Waals surface area contributed by atoms with E-state index in [1.807, 2.05) is 11.0 Å². The molecule has 3 rings (SSSR count). The third-order valence-corrected chi connectivity index (χ3v) is 5.00. The second-order valence-corrected chi connectivity index (χ2v) is 6.92. The summed E-state index contributed by atoms with van der Waals surface area (Å²) in [6, 6.07) is 6.74. The van der Waals surface area contributed by atoms with Crippen molar-refractivity contribution in [1.29, 1.82) is 0 Å². The lowest BCUT2D eigenvalue weighted by Gasteiger charge is -2.30. The van der Waals surface area contributed by atoms with Gasteiger partial charge in [-0.15, -0.1) is 11.3 Å². The Morgan fingerprint density at radius 3 is 3.14 bits per heavy atom. The average molecular weight is 306 g/mol. The SMILES string of the molecule is CC1CCCN(C(=O)NCc2cc3cc(F)ccc3s2)C1. The second-order valence-electron chi connectivity index (χ2n) is 5.75. The molecule has 0 aliphatic carbocycles. The van der Waals surface area contributed by atoms with Gasteiger partial charge in [-0.25, -0.2) is 9.18 Å². The van der Waals surface area contributed by atoms with Crippen LogP contribution in [0.5, 0.6) is 0 Å². The number of urea groups is 1. The molecule has 3 nitrogen and oxygen atoms in total. The topological polar surface area (TPSA) is 32.3 Å². The van der Waals surface area contributed by atoms with E-state index in [4.69, 9.17) is 0 Å². The first-order valence-corrected chi connectivity index (χ1v) is 8.14. The van der Waals surface area contributed by atoms with Crippen LogP contribution >= 0.6 is 11.3 Å². The van der Waals surface area contributed by atoms with Crippen LogP contribution < -0.4 is 5.32 Å². The zero-order valence-corrected chi connectivity index (χ0v) is 12.9. The number of nitrogens with one attached hydrogen (secondary N) is 1. The van der Waals surface area contributed by atoms with Crippen LogP contribution in [0, 0.1) is 11.7 Å². The molecule has 1 N–H and O–H groups in total. The van der Waals surface area contributed by atoms with Gasteiger partial charge in [0.15, 0.2) is 0 Å². The summed E-state index contributed by atoms with van der Waals surface area (Å²) in [6.07, 6.45) is 2.28. The molecule has 1 aromatic heterocycles. The predicted molar refractivity (Wildman–Crippen MR) is 84.0 cm³/mol. The molecule has 1 aliphatic heterocycles. The molecule has 2 amide bonds. The zero-order valence-electron chi connectivity index (χ0n) is 12.1. The van der Waals surface area contributed by atoms with Crippen molar-refractivity contribution >= 4 is 27.5 Å². The lowest BCUT2D eigenvalue weighted by molar-refractivity contribution is 0.169. The number of hydrogen-bond acceptors (Lipinski definition) is 2. The Kier molecular flexibility index (Phi) is 4.10. The molecule has 1 aromatic carbocycles. The smallest absolute Gasteiger partial charge is 0.317 e. The molecule has 0 spiro atoms. The molecule has 1 fully saturated rings. The van der Waals surface area contributed by atoms with Crippen LogP contribution in [0.15, 0.2) is 24.3 Å². The summed E-state index contributed by atoms with van der Waals surface area (Å²) in [7, 11) is 0. The molecule has 2 aromatic rings. The zero-order chi connectivity index (χ0) is 14.8. The van der Waals surface area contributed by atoms with Gasteiger partial charge in [0.25, 0.3) is 0 Å². The number of hydrogen-bond donors (Lipinski definition) is 1. The summed E-state index contributed by atoms with van der Waals surface area (Å²) < 4.78 is 14.2. The molecule has 112 valence electrons. The van der Waals surface area contributed by atoms with Crippen molar-refractivity contribution in [2.45, 2.75) is 26.3 Å². The molecule has 1 unspecified atom stereocenters. The average Bonchev–Trinajstić information content (AvgIpc) is 2.86. The summed E-state index contributed by atoms with van der Waals surface area (Å²) in [5, 5.41) is 3.87. The van der Waals surface area contributed by atoms with Gasteiger partial charge < -0.3 is 10.2 Å². The van der Waals surface area contributed by atoms with Crippen LogP contribution in [-0.2, 0) is 6.54 Å². The van der Waals surface area contributed by atoms with E-state index in [2.05, 4.69) is 12.2 Å². The van der Waals surface area contributed by atoms with E-state index in [0.29, 0.717) is 12.5 Å². The van der Waals surface area contributed by atoms with Gasteiger partial charge in [-0.1, -0.05) is 6.92 Å². The minimum Gasteiger partial charge on any atom is -0.333 e. The Labute approximate surface area is 127 Å². The van der Waals surface area contributed by atoms with Crippen molar-refractivity contribution in [2.75, 3.05) is 13.1 Å². The van der Waals surface area contributed by atoms with Crippen LogP contribution in [-0.4, -0.2) is 24.0 Å². The molecule has 2 heterocycles. The number of amides is 2. The second kappa shape index (κ2) is 6.02. The van der Waals surface area contributed by atoms with Crippen molar-refractivity contribution in [1.82, 2.24) is 10.2 Å². The van der Waals surface area contributed by atoms with Crippen LogP contribution in [0.25, 0.3) is 10.1 Å². The Bertz CT molecular complexity index is 655. The lowest BCUT2D eigenvalue weighted by Crippen LogP contribution is -2.44. The van der Waals surface area contributed by atoms with E-state index in [1.165, 1.54) is 18.6 Å². The standard InChI is InChI=1S/C16H19FN2OS/c1-11-3-2-6-19(10-11)16(20)18-9-14-8-12-7-13(17)4-5-15(12)21-14/h4-5,7-8,11H,2-3,6,9-10H2,1H3,(H,18,20). The molecule has 0 saturated carbocycles. The summed E-state index contributed by atoms with van der Waals surface area (Å²) in [5.41, 5.74) is 0. The normalized spacial score (nSPS) is 19.0. The van der Waals surface area contributed by atoms with E-state index in [1.54, 1.807) is 17.4 Å². The van der Waals surface area contributed by atoms with Crippen molar-refractivity contribution in [3.8, 4) is 0 Å². The molecule has 1 saturated heterocycles. The Balaban J connectivity index is 1.61. The first-order valence-electron chi connectivity index (χ1n) is 7.32. The van der Waals surface area contributed by atoms with Crippen LogP contribution in [0.4, 0.5) is 9.18 Å². The van der Waals surface area contributed by atoms with E-state index < -0.39 is 0 Å². The number of piperidine rings is 1. The van der Waals surface area contributed by atoms with Crippen LogP contribution in [0.2, 0.25) is 0 Å². The fourth-order valence-electron chi connectivity index (χ4n) is 2.80.